The molecule has 1 N–H and O–H groups in total. The number of hydrogen-bond donors (Lipinski definition) is 1. The molecule has 0 spiro atoms. The molecule has 29 heavy (non-hydrogen) atoms. The number of hydrogen-bond acceptors (Lipinski definition) is 7. The number of nitrogens with one attached hydrogen (secondary N) is 1. The predicted octanol–water partition coefficient (Wildman–Crippen LogP) is 5.83. The summed E-state index contributed by atoms with van der Waals surface area (Å²) < 4.78 is 7.47. The summed E-state index contributed by atoms with van der Waals surface area (Å²) in [7, 11) is 0. The van der Waals surface area contributed by atoms with Gasteiger partial charge in [0.15, 0.2) is 16.1 Å². The van der Waals surface area contributed by atoms with Gasteiger partial charge in [0, 0.05) is 23.4 Å². The van der Waals surface area contributed by atoms with Crippen molar-refractivity contribution in [3.8, 4) is 11.4 Å². The second kappa shape index (κ2) is 8.67. The topological polar surface area (TPSA) is 68.8 Å². The standard InChI is InChI=1S/C21H21N5OS2/c1-4-10-26-19(17-9-11-27-15(17)3)24-25-21(26)29-13-16-12-28-20(22-16)23-18-8-6-5-7-14(18)2/h4-9,11-12H,1,10,13H2,2-3H3,(H,22,23). The van der Waals surface area contributed by atoms with Gasteiger partial charge in [0.05, 0.1) is 17.5 Å². The van der Waals surface area contributed by atoms with Crippen LogP contribution in [-0.4, -0.2) is 19.7 Å². The van der Waals surface area contributed by atoms with Crippen molar-refractivity contribution < 1.29 is 4.42 Å². The van der Waals surface area contributed by atoms with Crippen molar-refractivity contribution in [2.45, 2.75) is 31.3 Å². The lowest BCUT2D eigenvalue weighted by Gasteiger charge is -2.07. The normalized spacial score (nSPS) is 11.0. The molecule has 148 valence electrons. The van der Waals surface area contributed by atoms with Crippen LogP contribution in [0.15, 0.2) is 64.2 Å². The first-order valence-corrected chi connectivity index (χ1v) is 11.0. The number of furan rings is 1. The maximum atomic E-state index is 5.42. The number of nitrogens with zero attached hydrogens (tertiary/aromatic N) is 4. The van der Waals surface area contributed by atoms with E-state index in [9.17, 15) is 0 Å². The molecule has 0 bridgehead atoms. The van der Waals surface area contributed by atoms with Crippen molar-refractivity contribution in [3.05, 3.63) is 71.6 Å². The van der Waals surface area contributed by atoms with Gasteiger partial charge in [-0.1, -0.05) is 36.0 Å². The molecule has 0 aliphatic rings. The van der Waals surface area contributed by atoms with E-state index in [0.717, 1.165) is 38.8 Å². The lowest BCUT2D eigenvalue weighted by atomic mass is 10.2. The van der Waals surface area contributed by atoms with Crippen LogP contribution in [0, 0.1) is 13.8 Å². The smallest absolute Gasteiger partial charge is 0.192 e. The van der Waals surface area contributed by atoms with E-state index in [4.69, 9.17) is 9.40 Å². The largest absolute Gasteiger partial charge is 0.469 e. The van der Waals surface area contributed by atoms with E-state index < -0.39 is 0 Å². The SMILES string of the molecule is C=CCn1c(SCc2csc(Nc3ccccc3C)n2)nnc1-c1ccoc1C. The lowest BCUT2D eigenvalue weighted by molar-refractivity contribution is 0.534. The van der Waals surface area contributed by atoms with Crippen molar-refractivity contribution in [3.63, 3.8) is 0 Å². The Kier molecular flexibility index (Phi) is 5.82. The molecule has 0 amide bonds. The Balaban J connectivity index is 1.48. The van der Waals surface area contributed by atoms with Gasteiger partial charge in [-0.3, -0.25) is 4.57 Å². The van der Waals surface area contributed by atoms with Crippen LogP contribution in [0.1, 0.15) is 17.0 Å². The summed E-state index contributed by atoms with van der Waals surface area (Å²) in [5, 5.41) is 15.9. The molecule has 0 saturated carbocycles. The molecule has 0 saturated heterocycles. The lowest BCUT2D eigenvalue weighted by Crippen LogP contribution is -2.01. The van der Waals surface area contributed by atoms with Crippen molar-refractivity contribution in [1.82, 2.24) is 19.7 Å². The van der Waals surface area contributed by atoms with E-state index in [1.807, 2.05) is 35.8 Å². The molecular formula is C21H21N5OS2. The maximum Gasteiger partial charge on any atom is 0.192 e. The fraction of sp³-hybridized carbons (Fsp3) is 0.190. The molecule has 4 aromatic rings. The molecule has 6 nitrogen and oxygen atoms in total. The zero-order valence-corrected chi connectivity index (χ0v) is 17.9. The summed E-state index contributed by atoms with van der Waals surface area (Å²) in [5.74, 6) is 2.33. The minimum Gasteiger partial charge on any atom is -0.469 e. The van der Waals surface area contributed by atoms with E-state index in [-0.39, 0.29) is 0 Å². The third-order valence-corrected chi connectivity index (χ3v) is 6.22. The van der Waals surface area contributed by atoms with Gasteiger partial charge in [-0.15, -0.1) is 28.1 Å². The number of thioether (sulfide) groups is 1. The van der Waals surface area contributed by atoms with Gasteiger partial charge < -0.3 is 9.73 Å². The second-order valence-corrected chi connectivity index (χ2v) is 8.27. The van der Waals surface area contributed by atoms with E-state index >= 15 is 0 Å². The quantitative estimate of drug-likeness (QED) is 0.284. The Morgan fingerprint density at radius 1 is 1.24 bits per heavy atom. The van der Waals surface area contributed by atoms with Gasteiger partial charge in [-0.05, 0) is 31.5 Å². The Bertz CT molecular complexity index is 1130. The predicted molar refractivity (Wildman–Crippen MR) is 119 cm³/mol. The highest BCUT2D eigenvalue weighted by Crippen LogP contribution is 2.30. The highest BCUT2D eigenvalue weighted by atomic mass is 32.2. The summed E-state index contributed by atoms with van der Waals surface area (Å²) in [6.07, 6.45) is 3.52. The minimum atomic E-state index is 0.631. The monoisotopic (exact) mass is 423 g/mol. The van der Waals surface area contributed by atoms with Gasteiger partial charge in [0.1, 0.15) is 5.76 Å². The molecule has 3 aromatic heterocycles. The third-order valence-electron chi connectivity index (χ3n) is 4.42. The van der Waals surface area contributed by atoms with E-state index in [2.05, 4.69) is 46.5 Å². The van der Waals surface area contributed by atoms with Crippen LogP contribution in [-0.2, 0) is 12.3 Å². The molecule has 3 heterocycles. The van der Waals surface area contributed by atoms with Crippen LogP contribution in [0.5, 0.6) is 0 Å². The molecule has 0 aliphatic carbocycles. The summed E-state index contributed by atoms with van der Waals surface area (Å²) in [5.41, 5.74) is 4.22. The van der Waals surface area contributed by atoms with Crippen LogP contribution in [0.2, 0.25) is 0 Å². The van der Waals surface area contributed by atoms with Crippen LogP contribution in [0.3, 0.4) is 0 Å². The third kappa shape index (κ3) is 4.28. The van der Waals surface area contributed by atoms with Crippen molar-refractivity contribution in [1.29, 1.82) is 0 Å². The summed E-state index contributed by atoms with van der Waals surface area (Å²) in [6.45, 7) is 8.50. The number of thiazole rings is 1. The average Bonchev–Trinajstić information content (AvgIpc) is 3.43. The fourth-order valence-electron chi connectivity index (χ4n) is 2.90. The molecule has 0 aliphatic heterocycles. The first-order valence-electron chi connectivity index (χ1n) is 9.14. The molecule has 0 atom stereocenters. The molecule has 0 radical (unpaired) electrons. The molecule has 0 fully saturated rings. The zero-order chi connectivity index (χ0) is 20.2. The Hall–Kier alpha value is -2.84. The molecule has 8 heteroatoms. The highest BCUT2D eigenvalue weighted by molar-refractivity contribution is 7.98. The second-order valence-electron chi connectivity index (χ2n) is 6.47. The van der Waals surface area contributed by atoms with E-state index in [1.165, 1.54) is 5.56 Å². The summed E-state index contributed by atoms with van der Waals surface area (Å²) in [4.78, 5) is 4.70. The number of rotatable bonds is 8. The van der Waals surface area contributed by atoms with Gasteiger partial charge in [-0.25, -0.2) is 4.98 Å². The van der Waals surface area contributed by atoms with Crippen LogP contribution >= 0.6 is 23.1 Å². The molecule has 0 unspecified atom stereocenters. The average molecular weight is 424 g/mol. The first kappa shape index (κ1) is 19.5. The Labute approximate surface area is 177 Å². The van der Waals surface area contributed by atoms with Crippen molar-refractivity contribution in [2.24, 2.45) is 0 Å². The number of anilines is 2. The Morgan fingerprint density at radius 3 is 2.86 bits per heavy atom. The fourth-order valence-corrected chi connectivity index (χ4v) is 4.57. The minimum absolute atomic E-state index is 0.631. The van der Waals surface area contributed by atoms with E-state index in [1.54, 1.807) is 29.4 Å². The number of aryl methyl sites for hydroxylation is 2. The highest BCUT2D eigenvalue weighted by Gasteiger charge is 2.17. The number of benzene rings is 1. The number of aromatic nitrogens is 4. The molecular weight excluding hydrogens is 402 g/mol. The molecule has 4 rings (SSSR count). The van der Waals surface area contributed by atoms with Crippen LogP contribution in [0.4, 0.5) is 10.8 Å². The van der Waals surface area contributed by atoms with Crippen molar-refractivity contribution in [2.75, 3.05) is 5.32 Å². The zero-order valence-electron chi connectivity index (χ0n) is 16.3. The van der Waals surface area contributed by atoms with Gasteiger partial charge >= 0.3 is 0 Å². The number of para-hydroxylation sites is 1. The number of allylic oxidation sites excluding steroid dienone is 1. The van der Waals surface area contributed by atoms with Gasteiger partial charge in [-0.2, -0.15) is 0 Å². The Morgan fingerprint density at radius 2 is 2.10 bits per heavy atom. The summed E-state index contributed by atoms with van der Waals surface area (Å²) >= 11 is 3.22. The van der Waals surface area contributed by atoms with E-state index in [0.29, 0.717) is 12.3 Å². The van der Waals surface area contributed by atoms with Crippen molar-refractivity contribution >= 4 is 33.9 Å². The van der Waals surface area contributed by atoms with Crippen LogP contribution in [0.25, 0.3) is 11.4 Å². The first-order chi connectivity index (χ1) is 14.2. The molecule has 1 aromatic carbocycles. The van der Waals surface area contributed by atoms with Gasteiger partial charge in [0.2, 0.25) is 0 Å². The van der Waals surface area contributed by atoms with Gasteiger partial charge in [0.25, 0.3) is 0 Å². The van der Waals surface area contributed by atoms with Crippen LogP contribution < -0.4 is 5.32 Å². The maximum absolute atomic E-state index is 5.42. The summed E-state index contributed by atoms with van der Waals surface area (Å²) in [6, 6.07) is 10.1.